The molecule has 1 rings (SSSR count). The van der Waals surface area contributed by atoms with Crippen LogP contribution in [0.3, 0.4) is 0 Å². The average molecular weight is 299 g/mol. The SMILES string of the molecule is CC(CC(=O)O)NC(=O)N(C)C(C)c1ccc(Cl)cc1. The zero-order valence-electron chi connectivity index (χ0n) is 11.8. The zero-order chi connectivity index (χ0) is 15.3. The largest absolute Gasteiger partial charge is 0.481 e. The van der Waals surface area contributed by atoms with E-state index in [-0.39, 0.29) is 18.5 Å². The molecule has 0 saturated heterocycles. The van der Waals surface area contributed by atoms with Gasteiger partial charge in [0, 0.05) is 18.1 Å². The van der Waals surface area contributed by atoms with Crippen LogP contribution in [0.15, 0.2) is 24.3 Å². The Hall–Kier alpha value is -1.75. The average Bonchev–Trinajstić information content (AvgIpc) is 2.36. The minimum absolute atomic E-state index is 0.102. The van der Waals surface area contributed by atoms with Crippen molar-refractivity contribution in [3.8, 4) is 0 Å². The summed E-state index contributed by atoms with van der Waals surface area (Å²) in [6, 6.07) is 6.40. The molecule has 110 valence electrons. The molecule has 0 spiro atoms. The third kappa shape index (κ3) is 4.74. The van der Waals surface area contributed by atoms with Crippen molar-refractivity contribution in [2.75, 3.05) is 7.05 Å². The fourth-order valence-corrected chi connectivity index (χ4v) is 1.89. The van der Waals surface area contributed by atoms with Crippen molar-refractivity contribution in [1.29, 1.82) is 0 Å². The van der Waals surface area contributed by atoms with E-state index < -0.39 is 12.0 Å². The highest BCUT2D eigenvalue weighted by Crippen LogP contribution is 2.20. The quantitative estimate of drug-likeness (QED) is 0.878. The Morgan fingerprint density at radius 1 is 1.30 bits per heavy atom. The lowest BCUT2D eigenvalue weighted by atomic mass is 10.1. The van der Waals surface area contributed by atoms with Crippen LogP contribution in [-0.4, -0.2) is 35.1 Å². The highest BCUT2D eigenvalue weighted by Gasteiger charge is 2.19. The number of benzene rings is 1. The van der Waals surface area contributed by atoms with Crippen LogP contribution in [0.2, 0.25) is 5.02 Å². The molecule has 1 aromatic rings. The molecule has 1 aromatic carbocycles. The molecule has 0 aromatic heterocycles. The summed E-state index contributed by atoms with van der Waals surface area (Å²) in [5, 5.41) is 12.0. The summed E-state index contributed by atoms with van der Waals surface area (Å²) < 4.78 is 0. The number of aliphatic carboxylic acids is 1. The molecule has 2 N–H and O–H groups in total. The summed E-state index contributed by atoms with van der Waals surface area (Å²) >= 11 is 5.83. The van der Waals surface area contributed by atoms with E-state index in [4.69, 9.17) is 16.7 Å². The predicted molar refractivity (Wildman–Crippen MR) is 77.9 cm³/mol. The van der Waals surface area contributed by atoms with E-state index in [0.717, 1.165) is 5.56 Å². The van der Waals surface area contributed by atoms with Crippen LogP contribution >= 0.6 is 11.6 Å². The monoisotopic (exact) mass is 298 g/mol. The summed E-state index contributed by atoms with van der Waals surface area (Å²) in [5.74, 6) is -0.939. The van der Waals surface area contributed by atoms with Crippen molar-refractivity contribution in [1.82, 2.24) is 10.2 Å². The fraction of sp³-hybridized carbons (Fsp3) is 0.429. The lowest BCUT2D eigenvalue weighted by Gasteiger charge is -2.27. The maximum Gasteiger partial charge on any atom is 0.317 e. The number of carboxylic acid groups (broad SMARTS) is 1. The van der Waals surface area contributed by atoms with E-state index >= 15 is 0 Å². The van der Waals surface area contributed by atoms with Gasteiger partial charge in [0.15, 0.2) is 0 Å². The van der Waals surface area contributed by atoms with Crippen molar-refractivity contribution in [3.63, 3.8) is 0 Å². The van der Waals surface area contributed by atoms with Gasteiger partial charge in [-0.1, -0.05) is 23.7 Å². The Morgan fingerprint density at radius 2 is 1.85 bits per heavy atom. The molecule has 2 amide bonds. The highest BCUT2D eigenvalue weighted by molar-refractivity contribution is 6.30. The minimum Gasteiger partial charge on any atom is -0.481 e. The number of nitrogens with zero attached hydrogens (tertiary/aromatic N) is 1. The number of carboxylic acids is 1. The zero-order valence-corrected chi connectivity index (χ0v) is 12.5. The number of nitrogens with one attached hydrogen (secondary N) is 1. The van der Waals surface area contributed by atoms with Gasteiger partial charge in [-0.15, -0.1) is 0 Å². The predicted octanol–water partition coefficient (Wildman–Crippen LogP) is 2.91. The lowest BCUT2D eigenvalue weighted by Crippen LogP contribution is -2.43. The van der Waals surface area contributed by atoms with Gasteiger partial charge in [0.2, 0.25) is 0 Å². The van der Waals surface area contributed by atoms with E-state index in [0.29, 0.717) is 5.02 Å². The molecular formula is C14H19ClN2O3. The first kappa shape index (κ1) is 16.3. The van der Waals surface area contributed by atoms with Gasteiger partial charge in [-0.25, -0.2) is 4.79 Å². The molecule has 0 aliphatic heterocycles. The molecular weight excluding hydrogens is 280 g/mol. The molecule has 0 aliphatic carbocycles. The van der Waals surface area contributed by atoms with Crippen molar-refractivity contribution >= 4 is 23.6 Å². The summed E-state index contributed by atoms with van der Waals surface area (Å²) in [4.78, 5) is 24.1. The van der Waals surface area contributed by atoms with Crippen molar-refractivity contribution in [3.05, 3.63) is 34.9 Å². The maximum atomic E-state index is 12.0. The lowest BCUT2D eigenvalue weighted by molar-refractivity contribution is -0.137. The smallest absolute Gasteiger partial charge is 0.317 e. The second-order valence-corrected chi connectivity index (χ2v) is 5.22. The minimum atomic E-state index is -0.939. The number of carbonyl (C=O) groups excluding carboxylic acids is 1. The third-order valence-electron chi connectivity index (χ3n) is 3.10. The molecule has 0 aliphatic rings. The molecule has 0 heterocycles. The third-order valence-corrected chi connectivity index (χ3v) is 3.36. The van der Waals surface area contributed by atoms with E-state index in [9.17, 15) is 9.59 Å². The Balaban J connectivity index is 2.64. The molecule has 0 fully saturated rings. The molecule has 2 unspecified atom stereocenters. The Labute approximate surface area is 123 Å². The van der Waals surface area contributed by atoms with Gasteiger partial charge < -0.3 is 15.3 Å². The van der Waals surface area contributed by atoms with Crippen LogP contribution < -0.4 is 5.32 Å². The number of amides is 2. The second-order valence-electron chi connectivity index (χ2n) is 4.79. The molecule has 0 bridgehead atoms. The number of hydrogen-bond acceptors (Lipinski definition) is 2. The van der Waals surface area contributed by atoms with Gasteiger partial charge in [0.1, 0.15) is 0 Å². The van der Waals surface area contributed by atoms with Crippen molar-refractivity contribution < 1.29 is 14.7 Å². The van der Waals surface area contributed by atoms with Crippen LogP contribution in [0.25, 0.3) is 0 Å². The first-order chi connectivity index (χ1) is 9.31. The number of carbonyl (C=O) groups is 2. The summed E-state index contributed by atoms with van der Waals surface area (Å²) in [5.41, 5.74) is 0.956. The topological polar surface area (TPSA) is 69.6 Å². The molecule has 5 nitrogen and oxygen atoms in total. The highest BCUT2D eigenvalue weighted by atomic mass is 35.5. The summed E-state index contributed by atoms with van der Waals surface area (Å²) in [7, 11) is 1.67. The molecule has 2 atom stereocenters. The standard InChI is InChI=1S/C14H19ClN2O3/c1-9(8-13(18)19)16-14(20)17(3)10(2)11-4-6-12(15)7-5-11/h4-7,9-10H,8H2,1-3H3,(H,16,20)(H,18,19). The Morgan fingerprint density at radius 3 is 2.35 bits per heavy atom. The van der Waals surface area contributed by atoms with Crippen LogP contribution in [-0.2, 0) is 4.79 Å². The summed E-state index contributed by atoms with van der Waals surface area (Å²) in [6.07, 6.45) is -0.102. The first-order valence-electron chi connectivity index (χ1n) is 6.32. The first-order valence-corrected chi connectivity index (χ1v) is 6.69. The number of halogens is 1. The van der Waals surface area contributed by atoms with Gasteiger partial charge >= 0.3 is 12.0 Å². The van der Waals surface area contributed by atoms with Crippen molar-refractivity contribution in [2.45, 2.75) is 32.4 Å². The molecule has 0 saturated carbocycles. The van der Waals surface area contributed by atoms with E-state index in [1.165, 1.54) is 4.90 Å². The Kier molecular flexibility index (Phi) is 5.82. The second kappa shape index (κ2) is 7.14. The van der Waals surface area contributed by atoms with E-state index in [1.54, 1.807) is 26.1 Å². The van der Waals surface area contributed by atoms with E-state index in [2.05, 4.69) is 5.32 Å². The van der Waals surface area contributed by atoms with Crippen LogP contribution in [0.4, 0.5) is 4.79 Å². The van der Waals surface area contributed by atoms with Crippen LogP contribution in [0.5, 0.6) is 0 Å². The number of urea groups is 1. The molecule has 6 heteroatoms. The number of rotatable bonds is 5. The van der Waals surface area contributed by atoms with Crippen LogP contribution in [0.1, 0.15) is 31.9 Å². The maximum absolute atomic E-state index is 12.0. The Bertz CT molecular complexity index is 476. The fourth-order valence-electron chi connectivity index (χ4n) is 1.77. The van der Waals surface area contributed by atoms with Gasteiger partial charge in [0.25, 0.3) is 0 Å². The number of hydrogen-bond donors (Lipinski definition) is 2. The molecule has 20 heavy (non-hydrogen) atoms. The van der Waals surface area contributed by atoms with Gasteiger partial charge in [0.05, 0.1) is 12.5 Å². The van der Waals surface area contributed by atoms with Gasteiger partial charge in [-0.3, -0.25) is 4.79 Å². The van der Waals surface area contributed by atoms with E-state index in [1.807, 2.05) is 19.1 Å². The van der Waals surface area contributed by atoms with Crippen molar-refractivity contribution in [2.24, 2.45) is 0 Å². The van der Waals surface area contributed by atoms with Gasteiger partial charge in [-0.05, 0) is 31.5 Å². The normalized spacial score (nSPS) is 13.4. The summed E-state index contributed by atoms with van der Waals surface area (Å²) in [6.45, 7) is 3.55. The molecule has 0 radical (unpaired) electrons. The van der Waals surface area contributed by atoms with Crippen LogP contribution in [0, 0.1) is 0 Å². The van der Waals surface area contributed by atoms with Gasteiger partial charge in [-0.2, -0.15) is 0 Å².